The lowest BCUT2D eigenvalue weighted by Gasteiger charge is -2.30. The van der Waals surface area contributed by atoms with Crippen molar-refractivity contribution in [3.8, 4) is 0 Å². The predicted octanol–water partition coefficient (Wildman–Crippen LogP) is 3.34. The third-order valence-corrected chi connectivity index (χ3v) is 4.98. The lowest BCUT2D eigenvalue weighted by Crippen LogP contribution is -2.49. The summed E-state index contributed by atoms with van der Waals surface area (Å²) in [4.78, 5) is 44.4. The maximum Gasteiger partial charge on any atom is 0.285 e. The summed E-state index contributed by atoms with van der Waals surface area (Å²) in [6, 6.07) is 21.2. The van der Waals surface area contributed by atoms with Gasteiger partial charge >= 0.3 is 0 Å². The lowest BCUT2D eigenvalue weighted by molar-refractivity contribution is -0.177. The first-order valence-electron chi connectivity index (χ1n) is 9.71. The average molecular weight is 418 g/mol. The molecule has 1 aliphatic heterocycles. The molecule has 0 saturated carbocycles. The van der Waals surface area contributed by atoms with Gasteiger partial charge in [0.2, 0.25) is 5.91 Å². The molecule has 0 aromatic heterocycles. The molecular weight excluding hydrogens is 399 g/mol. The summed E-state index contributed by atoms with van der Waals surface area (Å²) in [7, 11) is 0. The summed E-state index contributed by atoms with van der Waals surface area (Å²) in [5, 5.41) is 3.36. The first kappa shape index (κ1) is 20.4. The minimum Gasteiger partial charge on any atom is -0.351 e. The van der Waals surface area contributed by atoms with E-state index >= 15 is 0 Å². The van der Waals surface area contributed by atoms with Crippen molar-refractivity contribution < 1.29 is 23.6 Å². The van der Waals surface area contributed by atoms with Crippen LogP contribution in [-0.2, 0) is 27.6 Å². The van der Waals surface area contributed by atoms with E-state index in [0.717, 1.165) is 5.56 Å². The number of hydrogen-bond acceptors (Lipinski definition) is 4. The molecule has 1 heterocycles. The van der Waals surface area contributed by atoms with Gasteiger partial charge in [-0.15, -0.1) is 5.06 Å². The summed E-state index contributed by atoms with van der Waals surface area (Å²) in [5.41, 5.74) is 2.02. The fraction of sp³-hybridized carbons (Fsp3) is 0.125. The number of halogens is 1. The fourth-order valence-corrected chi connectivity index (χ4v) is 3.39. The van der Waals surface area contributed by atoms with Gasteiger partial charge in [-0.2, -0.15) is 0 Å². The van der Waals surface area contributed by atoms with Crippen molar-refractivity contribution in [1.29, 1.82) is 0 Å². The van der Waals surface area contributed by atoms with Crippen molar-refractivity contribution in [2.45, 2.75) is 19.1 Å². The minimum atomic E-state index is -1.23. The number of carbonyl (C=O) groups excluding carboxylic acids is 3. The molecule has 0 radical (unpaired) electrons. The molecule has 0 aliphatic carbocycles. The SMILES string of the molecule is O=C(NCc1ccc(F)cc1)C1C(=O)N(OCc2ccccc2)C(=O)c2ccccc21. The second-order valence-electron chi connectivity index (χ2n) is 7.06. The van der Waals surface area contributed by atoms with E-state index in [4.69, 9.17) is 4.84 Å². The van der Waals surface area contributed by atoms with E-state index in [9.17, 15) is 18.8 Å². The Hall–Kier alpha value is -3.84. The number of imide groups is 1. The van der Waals surface area contributed by atoms with Crippen LogP contribution in [0.5, 0.6) is 0 Å². The highest BCUT2D eigenvalue weighted by Gasteiger charge is 2.43. The minimum absolute atomic E-state index is 0.00437. The van der Waals surface area contributed by atoms with Crippen molar-refractivity contribution in [2.75, 3.05) is 0 Å². The number of rotatable bonds is 6. The fourth-order valence-electron chi connectivity index (χ4n) is 3.39. The Morgan fingerprint density at radius 1 is 0.903 bits per heavy atom. The van der Waals surface area contributed by atoms with Crippen LogP contribution in [0.2, 0.25) is 0 Å². The summed E-state index contributed by atoms with van der Waals surface area (Å²) >= 11 is 0. The molecule has 1 atom stereocenters. The highest BCUT2D eigenvalue weighted by molar-refractivity contribution is 6.18. The molecule has 0 spiro atoms. The van der Waals surface area contributed by atoms with E-state index in [1.165, 1.54) is 12.1 Å². The van der Waals surface area contributed by atoms with E-state index in [0.29, 0.717) is 16.2 Å². The molecule has 7 heteroatoms. The Kier molecular flexibility index (Phi) is 5.86. The number of nitrogens with one attached hydrogen (secondary N) is 1. The molecule has 1 N–H and O–H groups in total. The Morgan fingerprint density at radius 3 is 2.32 bits per heavy atom. The highest BCUT2D eigenvalue weighted by Crippen LogP contribution is 2.30. The molecule has 6 nitrogen and oxygen atoms in total. The Morgan fingerprint density at radius 2 is 1.58 bits per heavy atom. The first-order valence-corrected chi connectivity index (χ1v) is 9.71. The molecule has 3 aromatic rings. The third kappa shape index (κ3) is 4.36. The number of amides is 3. The third-order valence-electron chi connectivity index (χ3n) is 4.98. The average Bonchev–Trinajstić information content (AvgIpc) is 2.79. The van der Waals surface area contributed by atoms with E-state index in [-0.39, 0.29) is 24.5 Å². The summed E-state index contributed by atoms with van der Waals surface area (Å²) < 4.78 is 13.1. The van der Waals surface area contributed by atoms with Gasteiger partial charge in [-0.05, 0) is 34.9 Å². The predicted molar refractivity (Wildman–Crippen MR) is 110 cm³/mol. The van der Waals surface area contributed by atoms with E-state index in [1.54, 1.807) is 48.5 Å². The van der Waals surface area contributed by atoms with E-state index in [1.807, 2.05) is 18.2 Å². The molecule has 31 heavy (non-hydrogen) atoms. The molecule has 0 saturated heterocycles. The molecule has 0 bridgehead atoms. The standard InChI is InChI=1S/C24H19FN2O4/c25-18-12-10-16(11-13-18)14-26-22(28)21-19-8-4-5-9-20(19)23(29)27(24(21)30)31-15-17-6-2-1-3-7-17/h1-13,21H,14-15H2,(H,26,28). The molecule has 156 valence electrons. The highest BCUT2D eigenvalue weighted by atomic mass is 19.1. The second kappa shape index (κ2) is 8.89. The summed E-state index contributed by atoms with van der Waals surface area (Å²) in [6.07, 6.45) is 0. The van der Waals surface area contributed by atoms with Crippen molar-refractivity contribution >= 4 is 17.7 Å². The van der Waals surface area contributed by atoms with Crippen LogP contribution >= 0.6 is 0 Å². The van der Waals surface area contributed by atoms with Crippen LogP contribution in [-0.4, -0.2) is 22.8 Å². The molecule has 4 rings (SSSR count). The van der Waals surface area contributed by atoms with E-state index < -0.39 is 23.6 Å². The van der Waals surface area contributed by atoms with Gasteiger partial charge in [-0.25, -0.2) is 4.39 Å². The van der Waals surface area contributed by atoms with Gasteiger partial charge in [0.05, 0.1) is 0 Å². The monoisotopic (exact) mass is 418 g/mol. The Balaban J connectivity index is 1.55. The van der Waals surface area contributed by atoms with Crippen molar-refractivity contribution in [2.24, 2.45) is 0 Å². The van der Waals surface area contributed by atoms with Crippen LogP contribution < -0.4 is 5.32 Å². The molecule has 1 unspecified atom stereocenters. The van der Waals surface area contributed by atoms with Crippen molar-refractivity contribution in [1.82, 2.24) is 10.4 Å². The topological polar surface area (TPSA) is 75.7 Å². The van der Waals surface area contributed by atoms with Crippen LogP contribution in [0.25, 0.3) is 0 Å². The van der Waals surface area contributed by atoms with Crippen LogP contribution in [0.4, 0.5) is 4.39 Å². The number of benzene rings is 3. The zero-order chi connectivity index (χ0) is 21.8. The number of hydroxylamine groups is 2. The number of nitrogens with zero attached hydrogens (tertiary/aromatic N) is 1. The van der Waals surface area contributed by atoms with Gasteiger partial charge < -0.3 is 5.32 Å². The van der Waals surface area contributed by atoms with Gasteiger partial charge in [0.25, 0.3) is 11.8 Å². The summed E-state index contributed by atoms with van der Waals surface area (Å²) in [6.45, 7) is 0.119. The van der Waals surface area contributed by atoms with Crippen LogP contribution in [0.15, 0.2) is 78.9 Å². The second-order valence-corrected chi connectivity index (χ2v) is 7.06. The van der Waals surface area contributed by atoms with Crippen LogP contribution in [0, 0.1) is 5.82 Å². The van der Waals surface area contributed by atoms with Gasteiger partial charge in [0.15, 0.2) is 0 Å². The van der Waals surface area contributed by atoms with Gasteiger partial charge in [0.1, 0.15) is 18.3 Å². The zero-order valence-electron chi connectivity index (χ0n) is 16.5. The maximum atomic E-state index is 13.1. The molecule has 3 aromatic carbocycles. The van der Waals surface area contributed by atoms with Crippen molar-refractivity contribution in [3.63, 3.8) is 0 Å². The Bertz CT molecular complexity index is 1120. The normalized spacial score (nSPS) is 15.5. The molecular formula is C24H19FN2O4. The molecule has 3 amide bonds. The van der Waals surface area contributed by atoms with Gasteiger partial charge in [-0.3, -0.25) is 19.2 Å². The first-order chi connectivity index (χ1) is 15.0. The molecule has 0 fully saturated rings. The van der Waals surface area contributed by atoms with Crippen LogP contribution in [0.3, 0.4) is 0 Å². The molecule has 1 aliphatic rings. The maximum absolute atomic E-state index is 13.1. The van der Waals surface area contributed by atoms with Crippen molar-refractivity contribution in [3.05, 3.63) is 107 Å². The zero-order valence-corrected chi connectivity index (χ0v) is 16.5. The lowest BCUT2D eigenvalue weighted by atomic mass is 9.88. The largest absolute Gasteiger partial charge is 0.351 e. The Labute approximate surface area is 178 Å². The van der Waals surface area contributed by atoms with Gasteiger partial charge in [-0.1, -0.05) is 60.7 Å². The number of fused-ring (bicyclic) bond motifs is 1. The summed E-state index contributed by atoms with van der Waals surface area (Å²) in [5.74, 6) is -3.54. The smallest absolute Gasteiger partial charge is 0.285 e. The van der Waals surface area contributed by atoms with E-state index in [2.05, 4.69) is 5.32 Å². The quantitative estimate of drug-likeness (QED) is 0.492. The number of carbonyl (C=O) groups is 3. The number of hydrogen-bond donors (Lipinski definition) is 1. The van der Waals surface area contributed by atoms with Gasteiger partial charge in [0, 0.05) is 12.1 Å². The van der Waals surface area contributed by atoms with Crippen LogP contribution in [0.1, 0.15) is 33.0 Å².